The van der Waals surface area contributed by atoms with E-state index in [1.165, 1.54) is 24.5 Å². The highest BCUT2D eigenvalue weighted by atomic mass is 16.2. The van der Waals surface area contributed by atoms with Crippen LogP contribution < -0.4 is 16.4 Å². The lowest BCUT2D eigenvalue weighted by Crippen LogP contribution is -2.61. The second kappa shape index (κ2) is 8.29. The summed E-state index contributed by atoms with van der Waals surface area (Å²) in [6.45, 7) is 0.352. The summed E-state index contributed by atoms with van der Waals surface area (Å²) in [6.07, 6.45) is 3.93. The minimum Gasteiger partial charge on any atom is -0.368 e. The first kappa shape index (κ1) is 20.3. The second-order valence-electron chi connectivity index (χ2n) is 7.09. The van der Waals surface area contributed by atoms with Crippen LogP contribution in [0.1, 0.15) is 25.0 Å². The first-order valence-corrected chi connectivity index (χ1v) is 9.22. The van der Waals surface area contributed by atoms with Gasteiger partial charge < -0.3 is 26.3 Å². The lowest BCUT2D eigenvalue weighted by molar-refractivity contribution is -0.141. The largest absolute Gasteiger partial charge is 0.368 e. The molecule has 0 saturated carbocycles. The molecule has 0 bridgehead atoms. The lowest BCUT2D eigenvalue weighted by atomic mass is 10.1. The van der Waals surface area contributed by atoms with Crippen LogP contribution in [0, 0.1) is 0 Å². The molecule has 29 heavy (non-hydrogen) atoms. The third kappa shape index (κ3) is 4.36. The summed E-state index contributed by atoms with van der Waals surface area (Å²) in [5, 5.41) is 5.03. The number of aromatic nitrogens is 2. The Hall–Kier alpha value is -3.44. The van der Waals surface area contributed by atoms with Crippen molar-refractivity contribution in [2.24, 2.45) is 5.73 Å². The Labute approximate surface area is 166 Å². The van der Waals surface area contributed by atoms with Gasteiger partial charge in [-0.1, -0.05) is 0 Å². The number of hydrogen-bond acceptors (Lipinski definition) is 6. The highest BCUT2D eigenvalue weighted by Gasteiger charge is 2.39. The van der Waals surface area contributed by atoms with Gasteiger partial charge in [-0.25, -0.2) is 9.78 Å². The molecule has 0 radical (unpaired) electrons. The third-order valence-corrected chi connectivity index (χ3v) is 5.13. The van der Waals surface area contributed by atoms with Gasteiger partial charge >= 0.3 is 6.03 Å². The van der Waals surface area contributed by atoms with E-state index in [0.717, 1.165) is 4.90 Å². The minimum absolute atomic E-state index is 0.0983. The van der Waals surface area contributed by atoms with Crippen LogP contribution in [0.2, 0.25) is 0 Å². The van der Waals surface area contributed by atoms with Gasteiger partial charge in [-0.3, -0.25) is 24.1 Å². The predicted octanol–water partition coefficient (Wildman–Crippen LogP) is -2.15. The molecule has 3 heterocycles. The van der Waals surface area contributed by atoms with Gasteiger partial charge in [-0.15, -0.1) is 0 Å². The summed E-state index contributed by atoms with van der Waals surface area (Å²) in [7, 11) is 1.31. The molecule has 156 valence electrons. The van der Waals surface area contributed by atoms with E-state index in [-0.39, 0.29) is 12.8 Å². The fraction of sp³-hybridized carbons (Fsp3) is 0.529. The van der Waals surface area contributed by atoms with Crippen LogP contribution in [0.3, 0.4) is 0 Å². The third-order valence-electron chi connectivity index (χ3n) is 5.13. The van der Waals surface area contributed by atoms with E-state index in [2.05, 4.69) is 20.6 Å². The van der Waals surface area contributed by atoms with E-state index in [1.807, 2.05) is 0 Å². The Bertz CT molecular complexity index is 806. The summed E-state index contributed by atoms with van der Waals surface area (Å²) >= 11 is 0. The quantitative estimate of drug-likeness (QED) is 0.420. The van der Waals surface area contributed by atoms with Crippen LogP contribution in [0.5, 0.6) is 0 Å². The second-order valence-corrected chi connectivity index (χ2v) is 7.09. The van der Waals surface area contributed by atoms with Crippen LogP contribution in [0.25, 0.3) is 0 Å². The van der Waals surface area contributed by atoms with Crippen molar-refractivity contribution in [1.29, 1.82) is 0 Å². The summed E-state index contributed by atoms with van der Waals surface area (Å²) < 4.78 is 0. The summed E-state index contributed by atoms with van der Waals surface area (Å²) in [5.41, 5.74) is 6.00. The van der Waals surface area contributed by atoms with Gasteiger partial charge in [0.2, 0.25) is 23.6 Å². The number of hydrogen-bond donors (Lipinski definition) is 4. The Kier molecular flexibility index (Phi) is 5.80. The molecule has 2 aliphatic heterocycles. The van der Waals surface area contributed by atoms with Crippen molar-refractivity contribution < 1.29 is 24.0 Å². The average Bonchev–Trinajstić information content (AvgIpc) is 3.36. The van der Waals surface area contributed by atoms with Gasteiger partial charge in [0, 0.05) is 31.9 Å². The van der Waals surface area contributed by atoms with Gasteiger partial charge in [-0.2, -0.15) is 0 Å². The van der Waals surface area contributed by atoms with Crippen molar-refractivity contribution in [2.75, 3.05) is 13.6 Å². The number of primary amides is 1. The number of amides is 6. The van der Waals surface area contributed by atoms with Gasteiger partial charge in [-0.05, 0) is 12.8 Å². The molecular formula is C17H23N7O5. The van der Waals surface area contributed by atoms with E-state index in [9.17, 15) is 24.0 Å². The first-order valence-electron chi connectivity index (χ1n) is 9.22. The van der Waals surface area contributed by atoms with Crippen LogP contribution in [-0.4, -0.2) is 81.1 Å². The number of imide groups is 1. The molecule has 0 spiro atoms. The number of imidazole rings is 1. The topological polar surface area (TPSA) is 171 Å². The number of carbonyl (C=O) groups is 5. The molecule has 0 aliphatic carbocycles. The minimum atomic E-state index is -1.09. The number of nitrogens with two attached hydrogens (primary N) is 1. The Morgan fingerprint density at radius 1 is 1.38 bits per heavy atom. The molecule has 3 rings (SSSR count). The summed E-state index contributed by atoms with van der Waals surface area (Å²) in [6, 6.07) is -3.53. The molecule has 1 aromatic rings. The highest BCUT2D eigenvalue weighted by molar-refractivity contribution is 6.03. The Morgan fingerprint density at radius 3 is 2.76 bits per heavy atom. The van der Waals surface area contributed by atoms with E-state index < -0.39 is 47.8 Å². The molecule has 0 unspecified atom stereocenters. The van der Waals surface area contributed by atoms with Gasteiger partial charge in [0.05, 0.1) is 12.7 Å². The molecule has 6 amide bonds. The predicted molar refractivity (Wildman–Crippen MR) is 97.9 cm³/mol. The van der Waals surface area contributed by atoms with Crippen molar-refractivity contribution in [3.63, 3.8) is 0 Å². The zero-order chi connectivity index (χ0) is 21.1. The van der Waals surface area contributed by atoms with Gasteiger partial charge in [0.25, 0.3) is 0 Å². The van der Waals surface area contributed by atoms with Crippen molar-refractivity contribution in [3.05, 3.63) is 18.2 Å². The number of nitrogens with one attached hydrogen (secondary N) is 3. The first-order chi connectivity index (χ1) is 13.8. The number of aromatic amines is 1. The molecule has 0 aromatic carbocycles. The standard InChI is InChI=1S/C17H23N7O5/c1-23-13(25)6-10(22-17(23)29)15(27)21-11(5-9-7-19-8-20-9)16(28)24-4-2-3-12(24)14(18)26/h7-8,10-12H,2-6H2,1H3,(H2,18,26)(H,19,20)(H,21,27)(H,22,29)/t10-,11-,12+/m1/s1. The maximum atomic E-state index is 13.1. The molecule has 2 aliphatic rings. The van der Waals surface area contributed by atoms with Gasteiger partial charge in [0.1, 0.15) is 18.1 Å². The molecule has 2 fully saturated rings. The van der Waals surface area contributed by atoms with E-state index in [1.54, 1.807) is 0 Å². The molecule has 12 heteroatoms. The molecular weight excluding hydrogens is 382 g/mol. The zero-order valence-corrected chi connectivity index (χ0v) is 15.9. The maximum Gasteiger partial charge on any atom is 0.324 e. The van der Waals surface area contributed by atoms with Crippen LogP contribution in [0.4, 0.5) is 4.79 Å². The van der Waals surface area contributed by atoms with Gasteiger partial charge in [0.15, 0.2) is 0 Å². The maximum absolute atomic E-state index is 13.1. The van der Waals surface area contributed by atoms with Crippen molar-refractivity contribution in [3.8, 4) is 0 Å². The monoisotopic (exact) mass is 405 g/mol. The van der Waals surface area contributed by atoms with Crippen LogP contribution >= 0.6 is 0 Å². The summed E-state index contributed by atoms with van der Waals surface area (Å²) in [4.78, 5) is 70.1. The molecule has 12 nitrogen and oxygen atoms in total. The van der Waals surface area contributed by atoms with Crippen LogP contribution in [-0.2, 0) is 25.6 Å². The van der Waals surface area contributed by atoms with E-state index >= 15 is 0 Å². The smallest absolute Gasteiger partial charge is 0.324 e. The average molecular weight is 405 g/mol. The fourth-order valence-corrected chi connectivity index (χ4v) is 3.50. The zero-order valence-electron chi connectivity index (χ0n) is 15.9. The van der Waals surface area contributed by atoms with Crippen molar-refractivity contribution in [2.45, 2.75) is 43.8 Å². The van der Waals surface area contributed by atoms with E-state index in [0.29, 0.717) is 25.1 Å². The number of rotatable bonds is 6. The number of nitrogens with zero attached hydrogens (tertiary/aromatic N) is 3. The van der Waals surface area contributed by atoms with Crippen molar-refractivity contribution >= 4 is 29.7 Å². The summed E-state index contributed by atoms with van der Waals surface area (Å²) in [5.74, 6) is -2.22. The number of urea groups is 1. The molecule has 5 N–H and O–H groups in total. The number of likely N-dealkylation sites (tertiary alicyclic amines) is 1. The Morgan fingerprint density at radius 2 is 2.14 bits per heavy atom. The molecule has 3 atom stereocenters. The SMILES string of the molecule is CN1C(=O)C[C@H](C(=O)N[C@H](Cc2cnc[nH]2)C(=O)N2CCC[C@H]2C(N)=O)NC1=O. The Balaban J connectivity index is 1.76. The number of carbonyl (C=O) groups excluding carboxylic acids is 5. The van der Waals surface area contributed by atoms with E-state index in [4.69, 9.17) is 5.73 Å². The normalized spacial score (nSPS) is 22.9. The number of H-pyrrole nitrogens is 1. The van der Waals surface area contributed by atoms with Crippen LogP contribution in [0.15, 0.2) is 12.5 Å². The lowest BCUT2D eigenvalue weighted by Gasteiger charge is -2.31. The van der Waals surface area contributed by atoms with Crippen molar-refractivity contribution in [1.82, 2.24) is 30.4 Å². The highest BCUT2D eigenvalue weighted by Crippen LogP contribution is 2.19. The molecule has 2 saturated heterocycles. The molecule has 1 aromatic heterocycles. The fourth-order valence-electron chi connectivity index (χ4n) is 3.50.